The molecule has 0 aromatic carbocycles. The standard InChI is InChI=1S/C13H12Br2N2OS/c1-7-11(14)8(2)16-13(12(7)15)17-10(18)6-9-4-3-5-19-9/h3-5H,6H2,1-2H3,(H,16,17,18). The highest BCUT2D eigenvalue weighted by molar-refractivity contribution is 9.11. The van der Waals surface area contributed by atoms with Crippen molar-refractivity contribution in [2.75, 3.05) is 5.32 Å². The van der Waals surface area contributed by atoms with Crippen molar-refractivity contribution in [3.05, 3.63) is 42.6 Å². The van der Waals surface area contributed by atoms with E-state index in [1.807, 2.05) is 31.4 Å². The zero-order chi connectivity index (χ0) is 14.0. The first-order valence-electron chi connectivity index (χ1n) is 5.63. The van der Waals surface area contributed by atoms with Crippen LogP contribution in [0.4, 0.5) is 5.82 Å². The first kappa shape index (κ1) is 14.7. The number of rotatable bonds is 3. The van der Waals surface area contributed by atoms with Crippen LogP contribution in [0.25, 0.3) is 0 Å². The minimum atomic E-state index is -0.0585. The number of carbonyl (C=O) groups excluding carboxylic acids is 1. The van der Waals surface area contributed by atoms with E-state index < -0.39 is 0 Å². The SMILES string of the molecule is Cc1nc(NC(=O)Cc2cccs2)c(Br)c(C)c1Br. The predicted molar refractivity (Wildman–Crippen MR) is 85.8 cm³/mol. The largest absolute Gasteiger partial charge is 0.309 e. The number of carbonyl (C=O) groups is 1. The van der Waals surface area contributed by atoms with E-state index in [4.69, 9.17) is 0 Å². The number of hydrogen-bond acceptors (Lipinski definition) is 3. The van der Waals surface area contributed by atoms with E-state index in [1.54, 1.807) is 11.3 Å². The van der Waals surface area contributed by atoms with Crippen LogP contribution < -0.4 is 5.32 Å². The van der Waals surface area contributed by atoms with Crippen molar-refractivity contribution in [1.29, 1.82) is 0 Å². The van der Waals surface area contributed by atoms with Crippen molar-refractivity contribution in [2.45, 2.75) is 20.3 Å². The van der Waals surface area contributed by atoms with Crippen LogP contribution in [0.2, 0.25) is 0 Å². The van der Waals surface area contributed by atoms with Crippen LogP contribution >= 0.6 is 43.2 Å². The van der Waals surface area contributed by atoms with E-state index in [2.05, 4.69) is 42.2 Å². The average molecular weight is 404 g/mol. The summed E-state index contributed by atoms with van der Waals surface area (Å²) in [5.74, 6) is 0.511. The van der Waals surface area contributed by atoms with Gasteiger partial charge in [0.25, 0.3) is 0 Å². The third kappa shape index (κ3) is 3.43. The first-order valence-corrected chi connectivity index (χ1v) is 8.10. The van der Waals surface area contributed by atoms with E-state index in [0.717, 1.165) is 25.1 Å². The maximum absolute atomic E-state index is 12.0. The van der Waals surface area contributed by atoms with Gasteiger partial charge >= 0.3 is 0 Å². The molecule has 0 atom stereocenters. The summed E-state index contributed by atoms with van der Waals surface area (Å²) in [5.41, 5.74) is 1.88. The third-order valence-corrected chi connectivity index (χ3v) is 5.65. The third-order valence-electron chi connectivity index (χ3n) is 2.64. The lowest BCUT2D eigenvalue weighted by atomic mass is 10.2. The fraction of sp³-hybridized carbons (Fsp3) is 0.231. The van der Waals surface area contributed by atoms with Gasteiger partial charge in [-0.05, 0) is 62.7 Å². The summed E-state index contributed by atoms with van der Waals surface area (Å²) in [6.45, 7) is 3.87. The lowest BCUT2D eigenvalue weighted by molar-refractivity contribution is -0.115. The average Bonchev–Trinajstić information content (AvgIpc) is 2.86. The van der Waals surface area contributed by atoms with Gasteiger partial charge in [0.05, 0.1) is 16.6 Å². The lowest BCUT2D eigenvalue weighted by Crippen LogP contribution is -2.16. The molecule has 3 nitrogen and oxygen atoms in total. The Hall–Kier alpha value is -0.720. The Labute approximate surface area is 132 Å². The Balaban J connectivity index is 2.17. The number of amides is 1. The molecule has 1 N–H and O–H groups in total. The quantitative estimate of drug-likeness (QED) is 0.821. The maximum atomic E-state index is 12.0. The van der Waals surface area contributed by atoms with E-state index >= 15 is 0 Å². The Kier molecular flexibility index (Phi) is 4.76. The van der Waals surface area contributed by atoms with E-state index in [1.165, 1.54) is 0 Å². The number of aromatic nitrogens is 1. The van der Waals surface area contributed by atoms with Crippen molar-refractivity contribution in [1.82, 2.24) is 4.98 Å². The molecule has 100 valence electrons. The van der Waals surface area contributed by atoms with Crippen LogP contribution in [0.15, 0.2) is 26.5 Å². The Morgan fingerprint density at radius 1 is 1.37 bits per heavy atom. The zero-order valence-electron chi connectivity index (χ0n) is 10.5. The van der Waals surface area contributed by atoms with Crippen molar-refractivity contribution < 1.29 is 4.79 Å². The summed E-state index contributed by atoms with van der Waals surface area (Å²) in [7, 11) is 0. The number of pyridine rings is 1. The summed E-state index contributed by atoms with van der Waals surface area (Å²) in [5, 5.41) is 4.81. The molecule has 0 radical (unpaired) electrons. The molecule has 19 heavy (non-hydrogen) atoms. The molecule has 0 saturated carbocycles. The fourth-order valence-electron chi connectivity index (χ4n) is 1.64. The topological polar surface area (TPSA) is 42.0 Å². The number of aryl methyl sites for hydroxylation is 1. The van der Waals surface area contributed by atoms with Gasteiger partial charge < -0.3 is 5.32 Å². The van der Waals surface area contributed by atoms with E-state index in [-0.39, 0.29) is 5.91 Å². The molecule has 2 aromatic heterocycles. The van der Waals surface area contributed by atoms with Gasteiger partial charge in [-0.2, -0.15) is 0 Å². The molecule has 6 heteroatoms. The molecule has 0 spiro atoms. The number of nitrogens with zero attached hydrogens (tertiary/aromatic N) is 1. The summed E-state index contributed by atoms with van der Waals surface area (Å²) >= 11 is 8.52. The highest BCUT2D eigenvalue weighted by atomic mass is 79.9. The van der Waals surface area contributed by atoms with Crippen LogP contribution in [-0.4, -0.2) is 10.9 Å². The second-order valence-corrected chi connectivity index (χ2v) is 6.72. The molecule has 2 rings (SSSR count). The van der Waals surface area contributed by atoms with Gasteiger partial charge in [-0.25, -0.2) is 4.98 Å². The molecule has 0 bridgehead atoms. The number of nitrogens with one attached hydrogen (secondary N) is 1. The molecule has 0 aliphatic rings. The number of hydrogen-bond donors (Lipinski definition) is 1. The number of thiophene rings is 1. The molecule has 0 aliphatic heterocycles. The van der Waals surface area contributed by atoms with Crippen molar-refractivity contribution >= 4 is 54.9 Å². The number of halogens is 2. The second kappa shape index (κ2) is 6.15. The molecule has 0 saturated heterocycles. The lowest BCUT2D eigenvalue weighted by Gasteiger charge is -2.11. The molecule has 0 aliphatic carbocycles. The van der Waals surface area contributed by atoms with Crippen LogP contribution in [0, 0.1) is 13.8 Å². The fourth-order valence-corrected chi connectivity index (χ4v) is 3.28. The zero-order valence-corrected chi connectivity index (χ0v) is 14.4. The Bertz CT molecular complexity index is 612. The van der Waals surface area contributed by atoms with Gasteiger partial charge in [0.1, 0.15) is 5.82 Å². The van der Waals surface area contributed by atoms with Crippen molar-refractivity contribution in [3.8, 4) is 0 Å². The van der Waals surface area contributed by atoms with Crippen LogP contribution in [-0.2, 0) is 11.2 Å². The minimum absolute atomic E-state index is 0.0585. The van der Waals surface area contributed by atoms with Crippen LogP contribution in [0.3, 0.4) is 0 Å². The van der Waals surface area contributed by atoms with Gasteiger partial charge in [-0.15, -0.1) is 11.3 Å². The number of anilines is 1. The van der Waals surface area contributed by atoms with Crippen molar-refractivity contribution in [3.63, 3.8) is 0 Å². The van der Waals surface area contributed by atoms with Crippen LogP contribution in [0.5, 0.6) is 0 Å². The van der Waals surface area contributed by atoms with Crippen LogP contribution in [0.1, 0.15) is 16.1 Å². The molecule has 2 heterocycles. The van der Waals surface area contributed by atoms with Gasteiger partial charge in [0.2, 0.25) is 5.91 Å². The highest BCUT2D eigenvalue weighted by Crippen LogP contribution is 2.31. The monoisotopic (exact) mass is 402 g/mol. The molecule has 1 amide bonds. The molecule has 2 aromatic rings. The van der Waals surface area contributed by atoms with E-state index in [0.29, 0.717) is 12.2 Å². The first-order chi connectivity index (χ1) is 8.99. The van der Waals surface area contributed by atoms with Gasteiger partial charge in [0, 0.05) is 9.35 Å². The normalized spacial score (nSPS) is 10.5. The van der Waals surface area contributed by atoms with E-state index in [9.17, 15) is 4.79 Å². The molecular weight excluding hydrogens is 392 g/mol. The molecular formula is C13H12Br2N2OS. The summed E-state index contributed by atoms with van der Waals surface area (Å²) in [4.78, 5) is 17.4. The van der Waals surface area contributed by atoms with Gasteiger partial charge in [0.15, 0.2) is 0 Å². The highest BCUT2D eigenvalue weighted by Gasteiger charge is 2.14. The second-order valence-electron chi connectivity index (χ2n) is 4.10. The van der Waals surface area contributed by atoms with Gasteiger partial charge in [-0.1, -0.05) is 6.07 Å². The Morgan fingerprint density at radius 2 is 2.11 bits per heavy atom. The molecule has 0 fully saturated rings. The smallest absolute Gasteiger partial charge is 0.230 e. The maximum Gasteiger partial charge on any atom is 0.230 e. The van der Waals surface area contributed by atoms with Crippen molar-refractivity contribution in [2.24, 2.45) is 0 Å². The van der Waals surface area contributed by atoms with Gasteiger partial charge in [-0.3, -0.25) is 4.79 Å². The minimum Gasteiger partial charge on any atom is -0.309 e. The Morgan fingerprint density at radius 3 is 2.74 bits per heavy atom. The summed E-state index contributed by atoms with van der Waals surface area (Å²) < 4.78 is 1.76. The molecule has 0 unspecified atom stereocenters. The summed E-state index contributed by atoms with van der Waals surface area (Å²) in [6.07, 6.45) is 0.375. The predicted octanol–water partition coefficient (Wildman–Crippen LogP) is 4.47. The summed E-state index contributed by atoms with van der Waals surface area (Å²) in [6, 6.07) is 3.89.